The van der Waals surface area contributed by atoms with Crippen LogP contribution < -0.4 is 0 Å². The minimum atomic E-state index is -3.38. The summed E-state index contributed by atoms with van der Waals surface area (Å²) in [6.45, 7) is 3.91. The first-order chi connectivity index (χ1) is 9.53. The Morgan fingerprint density at radius 1 is 1.35 bits per heavy atom. The summed E-state index contributed by atoms with van der Waals surface area (Å²) in [5.74, 6) is 0.0150. The Morgan fingerprint density at radius 3 is 2.70 bits per heavy atom. The Bertz CT molecular complexity index is 564. The summed E-state index contributed by atoms with van der Waals surface area (Å²) in [6, 6.07) is 8.02. The number of nitrogens with zero attached hydrogens (tertiary/aromatic N) is 2. The van der Waals surface area contributed by atoms with E-state index in [0.717, 1.165) is 6.54 Å². The van der Waals surface area contributed by atoms with Gasteiger partial charge in [0.25, 0.3) is 0 Å². The number of hydrogen-bond donors (Lipinski definition) is 1. The van der Waals surface area contributed by atoms with E-state index < -0.39 is 9.84 Å². The van der Waals surface area contributed by atoms with Crippen molar-refractivity contribution in [2.24, 2.45) is 0 Å². The first-order valence-electron chi connectivity index (χ1n) is 6.59. The fraction of sp³-hybridized carbons (Fsp3) is 0.500. The molecule has 0 atom stereocenters. The summed E-state index contributed by atoms with van der Waals surface area (Å²) >= 11 is 0. The first kappa shape index (κ1) is 16.6. The van der Waals surface area contributed by atoms with Gasteiger partial charge in [-0.3, -0.25) is 0 Å². The third-order valence-corrected chi connectivity index (χ3v) is 4.77. The monoisotopic (exact) mass is 296 g/mol. The maximum atomic E-state index is 12.2. The van der Waals surface area contributed by atoms with Gasteiger partial charge >= 0.3 is 0 Å². The van der Waals surface area contributed by atoms with Crippen LogP contribution in [0.2, 0.25) is 0 Å². The summed E-state index contributed by atoms with van der Waals surface area (Å²) in [7, 11) is -3.38. The number of aliphatic hydroxyl groups excluding tert-OH is 1. The molecule has 0 unspecified atom stereocenters. The minimum Gasteiger partial charge on any atom is -0.396 e. The number of hydrogen-bond acceptors (Lipinski definition) is 5. The van der Waals surface area contributed by atoms with Gasteiger partial charge in [0.2, 0.25) is 0 Å². The fourth-order valence-corrected chi connectivity index (χ4v) is 3.18. The fourth-order valence-electron chi connectivity index (χ4n) is 1.85. The van der Waals surface area contributed by atoms with Crippen LogP contribution in [0, 0.1) is 11.3 Å². The Hall–Kier alpha value is -1.42. The minimum absolute atomic E-state index is 0.0150. The average molecular weight is 296 g/mol. The van der Waals surface area contributed by atoms with E-state index in [0.29, 0.717) is 25.1 Å². The molecule has 5 nitrogen and oxygen atoms in total. The number of aliphatic hydroxyl groups is 1. The normalized spacial score (nSPS) is 11.5. The number of rotatable bonds is 8. The van der Waals surface area contributed by atoms with E-state index in [1.54, 1.807) is 12.1 Å². The molecule has 6 heteroatoms. The zero-order valence-electron chi connectivity index (χ0n) is 11.6. The van der Waals surface area contributed by atoms with Crippen LogP contribution in [0.4, 0.5) is 0 Å². The van der Waals surface area contributed by atoms with Crippen LogP contribution >= 0.6 is 0 Å². The van der Waals surface area contributed by atoms with E-state index >= 15 is 0 Å². The van der Waals surface area contributed by atoms with Crippen molar-refractivity contribution in [2.75, 3.05) is 32.0 Å². The van der Waals surface area contributed by atoms with Gasteiger partial charge in [-0.15, -0.1) is 0 Å². The predicted molar refractivity (Wildman–Crippen MR) is 77.0 cm³/mol. The highest BCUT2D eigenvalue weighted by molar-refractivity contribution is 7.91. The summed E-state index contributed by atoms with van der Waals surface area (Å²) in [6.07, 6.45) is 0.637. The highest BCUT2D eigenvalue weighted by atomic mass is 32.2. The van der Waals surface area contributed by atoms with E-state index in [1.165, 1.54) is 12.1 Å². The molecule has 0 saturated carbocycles. The Morgan fingerprint density at radius 2 is 2.10 bits per heavy atom. The highest BCUT2D eigenvalue weighted by Crippen LogP contribution is 2.13. The second-order valence-corrected chi connectivity index (χ2v) is 6.58. The third-order valence-electron chi connectivity index (χ3n) is 3.08. The molecule has 1 aromatic carbocycles. The largest absolute Gasteiger partial charge is 0.396 e. The summed E-state index contributed by atoms with van der Waals surface area (Å²) < 4.78 is 24.4. The van der Waals surface area contributed by atoms with Crippen LogP contribution in [-0.2, 0) is 9.84 Å². The Kier molecular flexibility index (Phi) is 6.65. The van der Waals surface area contributed by atoms with Crippen molar-refractivity contribution in [2.45, 2.75) is 18.2 Å². The molecular weight excluding hydrogens is 276 g/mol. The van der Waals surface area contributed by atoms with Gasteiger partial charge in [-0.2, -0.15) is 5.26 Å². The van der Waals surface area contributed by atoms with Crippen LogP contribution in [-0.4, -0.2) is 50.4 Å². The van der Waals surface area contributed by atoms with Gasteiger partial charge in [-0.1, -0.05) is 13.0 Å². The van der Waals surface area contributed by atoms with Gasteiger partial charge < -0.3 is 10.0 Å². The number of sulfone groups is 1. The van der Waals surface area contributed by atoms with Crippen LogP contribution in [0.15, 0.2) is 29.2 Å². The molecule has 0 aliphatic rings. The molecule has 0 spiro atoms. The van der Waals surface area contributed by atoms with Gasteiger partial charge in [-0.05, 0) is 31.2 Å². The molecule has 0 aromatic heterocycles. The van der Waals surface area contributed by atoms with Gasteiger partial charge in [0.05, 0.1) is 22.3 Å². The van der Waals surface area contributed by atoms with Gasteiger partial charge in [-0.25, -0.2) is 8.42 Å². The maximum Gasteiger partial charge on any atom is 0.179 e. The first-order valence-corrected chi connectivity index (χ1v) is 8.25. The van der Waals surface area contributed by atoms with Crippen molar-refractivity contribution >= 4 is 9.84 Å². The molecule has 0 fully saturated rings. The zero-order valence-corrected chi connectivity index (χ0v) is 12.4. The molecule has 0 saturated heterocycles. The van der Waals surface area contributed by atoms with E-state index in [4.69, 9.17) is 10.4 Å². The highest BCUT2D eigenvalue weighted by Gasteiger charge is 2.16. The Labute approximate surface area is 120 Å². The lowest BCUT2D eigenvalue weighted by atomic mass is 10.2. The molecule has 0 bridgehead atoms. The zero-order chi connectivity index (χ0) is 15.0. The average Bonchev–Trinajstić information content (AvgIpc) is 2.47. The van der Waals surface area contributed by atoms with Crippen molar-refractivity contribution in [3.8, 4) is 6.07 Å². The van der Waals surface area contributed by atoms with Crippen LogP contribution in [0.5, 0.6) is 0 Å². The van der Waals surface area contributed by atoms with E-state index in [-0.39, 0.29) is 17.3 Å². The second-order valence-electron chi connectivity index (χ2n) is 4.47. The lowest BCUT2D eigenvalue weighted by Crippen LogP contribution is -2.30. The lowest BCUT2D eigenvalue weighted by Gasteiger charge is -2.19. The molecule has 0 amide bonds. The molecule has 0 radical (unpaired) electrons. The standard InChI is InChI=1S/C14H20N2O3S/c1-2-16(7-4-9-17)8-10-20(18,19)14-6-3-5-13(11-14)12-15/h3,5-6,11,17H,2,4,7-10H2,1H3. The van der Waals surface area contributed by atoms with E-state index in [2.05, 4.69) is 0 Å². The van der Waals surface area contributed by atoms with Gasteiger partial charge in [0, 0.05) is 19.7 Å². The summed E-state index contributed by atoms with van der Waals surface area (Å²) in [5.41, 5.74) is 0.346. The van der Waals surface area contributed by atoms with Crippen molar-refractivity contribution < 1.29 is 13.5 Å². The van der Waals surface area contributed by atoms with Gasteiger partial charge in [0.1, 0.15) is 0 Å². The van der Waals surface area contributed by atoms with E-state index in [9.17, 15) is 8.42 Å². The summed E-state index contributed by atoms with van der Waals surface area (Å²) in [4.78, 5) is 2.18. The molecule has 20 heavy (non-hydrogen) atoms. The molecule has 1 N–H and O–H groups in total. The SMILES string of the molecule is CCN(CCCO)CCS(=O)(=O)c1cccc(C#N)c1. The van der Waals surface area contributed by atoms with Crippen molar-refractivity contribution in [3.63, 3.8) is 0 Å². The third kappa shape index (κ3) is 4.93. The topological polar surface area (TPSA) is 81.4 Å². The summed E-state index contributed by atoms with van der Waals surface area (Å²) in [5, 5.41) is 17.6. The lowest BCUT2D eigenvalue weighted by molar-refractivity contribution is 0.237. The van der Waals surface area contributed by atoms with Crippen LogP contribution in [0.25, 0.3) is 0 Å². The van der Waals surface area contributed by atoms with Crippen molar-refractivity contribution in [1.82, 2.24) is 4.90 Å². The smallest absolute Gasteiger partial charge is 0.179 e. The second kappa shape index (κ2) is 8.00. The van der Waals surface area contributed by atoms with Crippen molar-refractivity contribution in [1.29, 1.82) is 5.26 Å². The predicted octanol–water partition coefficient (Wildman–Crippen LogP) is 1.04. The Balaban J connectivity index is 2.72. The molecular formula is C14H20N2O3S. The molecule has 110 valence electrons. The molecule has 0 aliphatic carbocycles. The van der Waals surface area contributed by atoms with Crippen LogP contribution in [0.1, 0.15) is 18.9 Å². The molecule has 1 rings (SSSR count). The maximum absolute atomic E-state index is 12.2. The van der Waals surface area contributed by atoms with Gasteiger partial charge in [0.15, 0.2) is 9.84 Å². The van der Waals surface area contributed by atoms with Crippen LogP contribution in [0.3, 0.4) is 0 Å². The molecule has 1 aromatic rings. The molecule has 0 heterocycles. The van der Waals surface area contributed by atoms with Crippen molar-refractivity contribution in [3.05, 3.63) is 29.8 Å². The number of nitriles is 1. The quantitative estimate of drug-likeness (QED) is 0.775. The van der Waals surface area contributed by atoms with E-state index in [1.807, 2.05) is 17.9 Å². The number of benzene rings is 1. The molecule has 0 aliphatic heterocycles.